The highest BCUT2D eigenvalue weighted by Gasteiger charge is 2.21. The predicted octanol–water partition coefficient (Wildman–Crippen LogP) is 6.14. The van der Waals surface area contributed by atoms with Crippen LogP contribution in [0.15, 0.2) is 79.0 Å². The zero-order chi connectivity index (χ0) is 29.1. The number of fused-ring (bicyclic) bond motifs is 1. The van der Waals surface area contributed by atoms with E-state index in [0.29, 0.717) is 0 Å². The Morgan fingerprint density at radius 2 is 1.62 bits per heavy atom. The molecule has 7 heteroatoms. The van der Waals surface area contributed by atoms with Gasteiger partial charge in [0.25, 0.3) is 0 Å². The molecule has 42 heavy (non-hydrogen) atoms. The molecular formula is C35H43N7. The molecule has 3 aromatic carbocycles. The Hall–Kier alpha value is -3.94. The number of nitrogens with zero attached hydrogens (tertiary/aromatic N) is 5. The second-order valence-corrected chi connectivity index (χ2v) is 12.5. The van der Waals surface area contributed by atoms with E-state index in [-0.39, 0.29) is 5.41 Å². The lowest BCUT2D eigenvalue weighted by molar-refractivity contribution is 0.247. The van der Waals surface area contributed by atoms with Crippen LogP contribution in [-0.4, -0.2) is 57.1 Å². The average molecular weight is 562 g/mol. The number of aryl methyl sites for hydroxylation is 1. The number of hydrogen-bond donors (Lipinski definition) is 2. The van der Waals surface area contributed by atoms with Crippen LogP contribution in [0.25, 0.3) is 22.4 Å². The molecule has 0 atom stereocenters. The topological polar surface area (TPSA) is 65.0 Å². The maximum Gasteiger partial charge on any atom is 0.138 e. The third-order valence-corrected chi connectivity index (χ3v) is 8.34. The van der Waals surface area contributed by atoms with Crippen molar-refractivity contribution in [3.63, 3.8) is 0 Å². The maximum atomic E-state index is 5.07. The Morgan fingerprint density at radius 1 is 0.857 bits per heavy atom. The molecule has 7 nitrogen and oxygen atoms in total. The Bertz CT molecular complexity index is 1600. The molecule has 0 amide bonds. The molecule has 0 saturated carbocycles. The number of anilines is 1. The number of hydrogen-bond acceptors (Lipinski definition) is 5. The van der Waals surface area contributed by atoms with Crippen molar-refractivity contribution in [3.05, 3.63) is 102 Å². The van der Waals surface area contributed by atoms with E-state index < -0.39 is 0 Å². The Morgan fingerprint density at radius 3 is 2.36 bits per heavy atom. The van der Waals surface area contributed by atoms with E-state index in [1.807, 2.05) is 0 Å². The number of para-hydroxylation sites is 1. The summed E-state index contributed by atoms with van der Waals surface area (Å²) < 4.78 is 2.27. The number of imidazole rings is 2. The second kappa shape index (κ2) is 12.1. The van der Waals surface area contributed by atoms with Gasteiger partial charge in [-0.3, -0.25) is 4.90 Å². The standard InChI is InChI=1S/C35H43N7/c1-26-37-30(25-42(26)18-17-36-23-27-9-6-5-7-10-27)24-40-19-21-41(22-20-40)32-12-8-11-31-33(32)39-34(38-31)28-13-15-29(16-14-28)35(2,3)4/h5-16,25,36H,17-24H2,1-4H3,(H,38,39). The summed E-state index contributed by atoms with van der Waals surface area (Å²) in [6, 6.07) is 25.8. The largest absolute Gasteiger partial charge is 0.367 e. The Balaban J connectivity index is 1.05. The van der Waals surface area contributed by atoms with E-state index in [1.165, 1.54) is 16.8 Å². The number of rotatable bonds is 9. The van der Waals surface area contributed by atoms with Crippen molar-refractivity contribution in [3.8, 4) is 11.4 Å². The van der Waals surface area contributed by atoms with Gasteiger partial charge in [0.05, 0.1) is 16.9 Å². The smallest absolute Gasteiger partial charge is 0.138 e. The first-order chi connectivity index (χ1) is 20.3. The van der Waals surface area contributed by atoms with Crippen LogP contribution < -0.4 is 10.2 Å². The molecule has 1 aliphatic rings. The van der Waals surface area contributed by atoms with Gasteiger partial charge < -0.3 is 19.8 Å². The van der Waals surface area contributed by atoms with Crippen LogP contribution in [0.1, 0.15) is 43.4 Å². The summed E-state index contributed by atoms with van der Waals surface area (Å²) in [5.41, 5.74) is 8.41. The molecule has 0 unspecified atom stereocenters. The fourth-order valence-electron chi connectivity index (χ4n) is 5.82. The van der Waals surface area contributed by atoms with Crippen molar-refractivity contribution < 1.29 is 0 Å². The average Bonchev–Trinajstić information content (AvgIpc) is 3.59. The van der Waals surface area contributed by atoms with E-state index >= 15 is 0 Å². The summed E-state index contributed by atoms with van der Waals surface area (Å²) in [7, 11) is 0. The monoisotopic (exact) mass is 561 g/mol. The molecule has 2 aromatic heterocycles. The molecule has 0 aliphatic carbocycles. The van der Waals surface area contributed by atoms with Gasteiger partial charge >= 0.3 is 0 Å². The number of aromatic amines is 1. The summed E-state index contributed by atoms with van der Waals surface area (Å²) in [6.07, 6.45) is 2.23. The van der Waals surface area contributed by atoms with Gasteiger partial charge in [-0.1, -0.05) is 81.4 Å². The van der Waals surface area contributed by atoms with E-state index in [9.17, 15) is 0 Å². The summed E-state index contributed by atoms with van der Waals surface area (Å²) in [5.74, 6) is 2.01. The summed E-state index contributed by atoms with van der Waals surface area (Å²) in [5, 5.41) is 3.55. The van der Waals surface area contributed by atoms with E-state index in [1.54, 1.807) is 0 Å². The minimum Gasteiger partial charge on any atom is -0.367 e. The summed E-state index contributed by atoms with van der Waals surface area (Å²) >= 11 is 0. The first-order valence-corrected chi connectivity index (χ1v) is 15.2. The first-order valence-electron chi connectivity index (χ1n) is 15.2. The molecule has 1 saturated heterocycles. The molecule has 0 bridgehead atoms. The SMILES string of the molecule is Cc1nc(CN2CCN(c3cccc4[nH]c(-c5ccc(C(C)(C)C)cc5)nc34)CC2)cn1CCNCc1ccccc1. The van der Waals surface area contributed by atoms with Crippen LogP contribution in [0.3, 0.4) is 0 Å². The molecule has 1 aliphatic heterocycles. The number of piperazine rings is 1. The lowest BCUT2D eigenvalue weighted by Crippen LogP contribution is -2.46. The third kappa shape index (κ3) is 6.42. The number of aromatic nitrogens is 4. The van der Waals surface area contributed by atoms with Gasteiger partial charge in [0.15, 0.2) is 0 Å². The molecule has 5 aromatic rings. The van der Waals surface area contributed by atoms with E-state index in [0.717, 1.165) is 86.3 Å². The van der Waals surface area contributed by atoms with Gasteiger partial charge in [-0.05, 0) is 35.6 Å². The molecule has 3 heterocycles. The Labute approximate surface area is 249 Å². The molecule has 6 rings (SSSR count). The van der Waals surface area contributed by atoms with Gasteiger partial charge in [-0.15, -0.1) is 0 Å². The van der Waals surface area contributed by atoms with Crippen LogP contribution in [0.4, 0.5) is 5.69 Å². The summed E-state index contributed by atoms with van der Waals surface area (Å²) in [6.45, 7) is 16.4. The number of benzene rings is 3. The summed E-state index contributed by atoms with van der Waals surface area (Å²) in [4.78, 5) is 18.5. The van der Waals surface area contributed by atoms with Crippen molar-refractivity contribution in [2.75, 3.05) is 37.6 Å². The van der Waals surface area contributed by atoms with Gasteiger partial charge in [-0.25, -0.2) is 9.97 Å². The van der Waals surface area contributed by atoms with E-state index in [4.69, 9.17) is 9.97 Å². The zero-order valence-electron chi connectivity index (χ0n) is 25.4. The van der Waals surface area contributed by atoms with Crippen molar-refractivity contribution in [1.29, 1.82) is 0 Å². The molecule has 1 fully saturated rings. The van der Waals surface area contributed by atoms with Crippen LogP contribution in [-0.2, 0) is 25.0 Å². The van der Waals surface area contributed by atoms with Crippen LogP contribution in [0.2, 0.25) is 0 Å². The quantitative estimate of drug-likeness (QED) is 0.212. The molecular weight excluding hydrogens is 518 g/mol. The van der Waals surface area contributed by atoms with Gasteiger partial charge in [0, 0.05) is 64.1 Å². The van der Waals surface area contributed by atoms with Crippen molar-refractivity contribution in [2.24, 2.45) is 0 Å². The lowest BCUT2D eigenvalue weighted by atomic mass is 9.87. The minimum atomic E-state index is 0.140. The molecule has 218 valence electrons. The highest BCUT2D eigenvalue weighted by molar-refractivity contribution is 5.91. The van der Waals surface area contributed by atoms with Gasteiger partial charge in [0.2, 0.25) is 0 Å². The van der Waals surface area contributed by atoms with Crippen LogP contribution >= 0.6 is 0 Å². The van der Waals surface area contributed by atoms with Gasteiger partial charge in [-0.2, -0.15) is 0 Å². The first kappa shape index (κ1) is 28.2. The zero-order valence-corrected chi connectivity index (χ0v) is 25.4. The third-order valence-electron chi connectivity index (χ3n) is 8.34. The van der Waals surface area contributed by atoms with Gasteiger partial charge in [0.1, 0.15) is 17.2 Å². The van der Waals surface area contributed by atoms with Crippen molar-refractivity contribution >= 4 is 16.7 Å². The molecule has 0 spiro atoms. The highest BCUT2D eigenvalue weighted by Crippen LogP contribution is 2.30. The number of H-pyrrole nitrogens is 1. The number of nitrogens with one attached hydrogen (secondary N) is 2. The Kier molecular flexibility index (Phi) is 8.13. The predicted molar refractivity (Wildman–Crippen MR) is 173 cm³/mol. The lowest BCUT2D eigenvalue weighted by Gasteiger charge is -2.35. The maximum absolute atomic E-state index is 5.07. The van der Waals surface area contributed by atoms with E-state index in [2.05, 4.69) is 131 Å². The minimum absolute atomic E-state index is 0.140. The van der Waals surface area contributed by atoms with Crippen LogP contribution in [0, 0.1) is 6.92 Å². The van der Waals surface area contributed by atoms with Crippen LogP contribution in [0.5, 0.6) is 0 Å². The highest BCUT2D eigenvalue weighted by atomic mass is 15.3. The van der Waals surface area contributed by atoms with Crippen molar-refractivity contribution in [2.45, 2.75) is 52.7 Å². The molecule has 2 N–H and O–H groups in total. The fourth-order valence-corrected chi connectivity index (χ4v) is 5.82. The second-order valence-electron chi connectivity index (χ2n) is 12.5. The van der Waals surface area contributed by atoms with Crippen molar-refractivity contribution in [1.82, 2.24) is 29.7 Å². The normalized spacial score (nSPS) is 14.6. The fraction of sp³-hybridized carbons (Fsp3) is 0.371. The molecule has 0 radical (unpaired) electrons.